The van der Waals surface area contributed by atoms with Crippen molar-refractivity contribution in [1.82, 2.24) is 14.1 Å². The van der Waals surface area contributed by atoms with Crippen molar-refractivity contribution in [3.8, 4) is 0 Å². The van der Waals surface area contributed by atoms with Crippen LogP contribution in [0.15, 0.2) is 54.6 Å². The minimum absolute atomic E-state index is 0.0893. The Morgan fingerprint density at radius 3 is 2.06 bits per heavy atom. The fourth-order valence-electron chi connectivity index (χ4n) is 4.83. The highest BCUT2D eigenvalue weighted by molar-refractivity contribution is 7.89. The monoisotopic (exact) mass is 484 g/mol. The van der Waals surface area contributed by atoms with Crippen LogP contribution in [0.25, 0.3) is 0 Å². The first-order valence-corrected chi connectivity index (χ1v) is 13.9. The Bertz CT molecular complexity index is 1040. The molecular formula is C26H36N4O3S. The highest BCUT2D eigenvalue weighted by Crippen LogP contribution is 2.23. The van der Waals surface area contributed by atoms with Crippen molar-refractivity contribution in [3.05, 3.63) is 65.7 Å². The molecule has 8 heteroatoms. The van der Waals surface area contributed by atoms with Crippen LogP contribution in [0.1, 0.15) is 37.3 Å². The SMILES string of the molecule is CCCS(=O)(=O)N1CCCC1C(=O)Nc1ccc(CN2CCN(Cc3ccccc3)CC2)cc1. The average Bonchev–Trinajstić information content (AvgIpc) is 3.34. The number of nitrogens with one attached hydrogen (secondary N) is 1. The fourth-order valence-corrected chi connectivity index (χ4v) is 6.58. The van der Waals surface area contributed by atoms with Crippen LogP contribution >= 0.6 is 0 Å². The predicted octanol–water partition coefficient (Wildman–Crippen LogP) is 3.15. The molecule has 184 valence electrons. The summed E-state index contributed by atoms with van der Waals surface area (Å²) in [6, 6.07) is 17.9. The van der Waals surface area contributed by atoms with Gasteiger partial charge in [-0.2, -0.15) is 4.31 Å². The molecule has 1 atom stereocenters. The molecule has 1 N–H and O–H groups in total. The van der Waals surface area contributed by atoms with E-state index in [0.29, 0.717) is 25.1 Å². The van der Waals surface area contributed by atoms with Crippen molar-refractivity contribution < 1.29 is 13.2 Å². The van der Waals surface area contributed by atoms with Crippen molar-refractivity contribution in [2.75, 3.05) is 43.8 Å². The molecule has 0 spiro atoms. The molecule has 0 aliphatic carbocycles. The van der Waals surface area contributed by atoms with Gasteiger partial charge in [0, 0.05) is 51.5 Å². The van der Waals surface area contributed by atoms with E-state index in [9.17, 15) is 13.2 Å². The van der Waals surface area contributed by atoms with E-state index >= 15 is 0 Å². The standard InChI is InChI=1S/C26H36N4O3S/c1-2-19-34(32,33)30-14-6-9-25(30)26(31)27-24-12-10-23(11-13-24)21-29-17-15-28(16-18-29)20-22-7-4-3-5-8-22/h3-5,7-8,10-13,25H,2,6,9,14-21H2,1H3,(H,27,31). The largest absolute Gasteiger partial charge is 0.325 e. The summed E-state index contributed by atoms with van der Waals surface area (Å²) in [5.74, 6) is -0.147. The van der Waals surface area contributed by atoms with Crippen molar-refractivity contribution in [3.63, 3.8) is 0 Å². The topological polar surface area (TPSA) is 73.0 Å². The summed E-state index contributed by atoms with van der Waals surface area (Å²) in [5, 5.41) is 2.92. The van der Waals surface area contributed by atoms with E-state index < -0.39 is 16.1 Å². The second kappa shape index (κ2) is 11.4. The Kier molecular flexibility index (Phi) is 8.37. The fraction of sp³-hybridized carbons (Fsp3) is 0.500. The number of piperazine rings is 1. The van der Waals surface area contributed by atoms with Crippen LogP contribution in [0.3, 0.4) is 0 Å². The Hall–Kier alpha value is -2.26. The van der Waals surface area contributed by atoms with Crippen LogP contribution in [0.2, 0.25) is 0 Å². The second-order valence-electron chi connectivity index (χ2n) is 9.31. The molecule has 7 nitrogen and oxygen atoms in total. The van der Waals surface area contributed by atoms with Gasteiger partial charge in [0.25, 0.3) is 0 Å². The lowest BCUT2D eigenvalue weighted by Gasteiger charge is -2.34. The minimum atomic E-state index is -3.38. The second-order valence-corrected chi connectivity index (χ2v) is 11.3. The molecule has 2 saturated heterocycles. The predicted molar refractivity (Wildman–Crippen MR) is 136 cm³/mol. The molecule has 2 aliphatic heterocycles. The number of amides is 1. The summed E-state index contributed by atoms with van der Waals surface area (Å²) in [4.78, 5) is 17.8. The zero-order chi connectivity index (χ0) is 24.0. The minimum Gasteiger partial charge on any atom is -0.325 e. The smallest absolute Gasteiger partial charge is 0.242 e. The van der Waals surface area contributed by atoms with Gasteiger partial charge in [-0.3, -0.25) is 14.6 Å². The van der Waals surface area contributed by atoms with Gasteiger partial charge >= 0.3 is 0 Å². The molecule has 0 saturated carbocycles. The number of carbonyl (C=O) groups is 1. The van der Waals surface area contributed by atoms with E-state index in [1.54, 1.807) is 0 Å². The lowest BCUT2D eigenvalue weighted by Crippen LogP contribution is -2.45. The van der Waals surface area contributed by atoms with Crippen LogP contribution in [-0.4, -0.2) is 72.9 Å². The Morgan fingerprint density at radius 1 is 0.882 bits per heavy atom. The molecule has 0 aromatic heterocycles. The molecular weight excluding hydrogens is 448 g/mol. The highest BCUT2D eigenvalue weighted by atomic mass is 32.2. The third-order valence-corrected chi connectivity index (χ3v) is 8.74. The number of hydrogen-bond donors (Lipinski definition) is 1. The van der Waals surface area contributed by atoms with Gasteiger partial charge < -0.3 is 5.32 Å². The lowest BCUT2D eigenvalue weighted by atomic mass is 10.1. The average molecular weight is 485 g/mol. The van der Waals surface area contributed by atoms with Crippen LogP contribution in [0.5, 0.6) is 0 Å². The molecule has 2 heterocycles. The van der Waals surface area contributed by atoms with E-state index in [0.717, 1.165) is 45.7 Å². The van der Waals surface area contributed by atoms with Crippen molar-refractivity contribution in [2.24, 2.45) is 0 Å². The van der Waals surface area contributed by atoms with Gasteiger partial charge in [-0.05, 0) is 42.5 Å². The van der Waals surface area contributed by atoms with Gasteiger partial charge in [-0.15, -0.1) is 0 Å². The molecule has 2 fully saturated rings. The first-order valence-electron chi connectivity index (χ1n) is 12.3. The number of carbonyl (C=O) groups excluding carboxylic acids is 1. The molecule has 4 rings (SSSR count). The van der Waals surface area contributed by atoms with E-state index in [2.05, 4.69) is 45.4 Å². The highest BCUT2D eigenvalue weighted by Gasteiger charge is 2.38. The quantitative estimate of drug-likeness (QED) is 0.592. The summed E-state index contributed by atoms with van der Waals surface area (Å²) in [5.41, 5.74) is 3.28. The maximum Gasteiger partial charge on any atom is 0.242 e. The van der Waals surface area contributed by atoms with Crippen molar-refractivity contribution >= 4 is 21.6 Å². The summed E-state index contributed by atoms with van der Waals surface area (Å²) in [6.45, 7) is 8.35. The van der Waals surface area contributed by atoms with Gasteiger partial charge in [0.15, 0.2) is 0 Å². The summed E-state index contributed by atoms with van der Waals surface area (Å²) < 4.78 is 26.4. The number of benzene rings is 2. The van der Waals surface area contributed by atoms with Crippen LogP contribution in [0.4, 0.5) is 5.69 Å². The Morgan fingerprint density at radius 2 is 1.47 bits per heavy atom. The van der Waals surface area contributed by atoms with E-state index in [1.165, 1.54) is 15.4 Å². The van der Waals surface area contributed by atoms with Gasteiger partial charge in [0.05, 0.1) is 5.75 Å². The summed E-state index contributed by atoms with van der Waals surface area (Å²) >= 11 is 0. The third kappa shape index (κ3) is 6.44. The normalized spacial score (nSPS) is 20.4. The van der Waals surface area contributed by atoms with E-state index in [-0.39, 0.29) is 11.7 Å². The Balaban J connectivity index is 1.25. The van der Waals surface area contributed by atoms with Crippen LogP contribution in [-0.2, 0) is 27.9 Å². The van der Waals surface area contributed by atoms with Gasteiger partial charge in [0.2, 0.25) is 15.9 Å². The zero-order valence-corrected chi connectivity index (χ0v) is 20.8. The molecule has 2 aliphatic rings. The zero-order valence-electron chi connectivity index (χ0n) is 20.0. The lowest BCUT2D eigenvalue weighted by molar-refractivity contribution is -0.119. The molecule has 2 aromatic rings. The summed E-state index contributed by atoms with van der Waals surface area (Å²) in [6.07, 6.45) is 1.85. The number of sulfonamides is 1. The first kappa shape index (κ1) is 24.9. The van der Waals surface area contributed by atoms with Gasteiger partial charge in [0.1, 0.15) is 6.04 Å². The van der Waals surface area contributed by atoms with Crippen molar-refractivity contribution in [2.45, 2.75) is 45.3 Å². The number of nitrogens with zero attached hydrogens (tertiary/aromatic N) is 3. The molecule has 34 heavy (non-hydrogen) atoms. The Labute approximate surface area is 203 Å². The number of hydrogen-bond acceptors (Lipinski definition) is 5. The van der Waals surface area contributed by atoms with Gasteiger partial charge in [-0.25, -0.2) is 8.42 Å². The molecule has 1 amide bonds. The number of anilines is 1. The van der Waals surface area contributed by atoms with Gasteiger partial charge in [-0.1, -0.05) is 49.4 Å². The summed E-state index contributed by atoms with van der Waals surface area (Å²) in [7, 11) is -3.38. The van der Waals surface area contributed by atoms with Crippen LogP contribution < -0.4 is 5.32 Å². The van der Waals surface area contributed by atoms with E-state index in [1.807, 2.05) is 31.2 Å². The van der Waals surface area contributed by atoms with Crippen molar-refractivity contribution in [1.29, 1.82) is 0 Å². The maximum atomic E-state index is 12.8. The maximum absolute atomic E-state index is 12.8. The molecule has 2 aromatic carbocycles. The molecule has 0 bridgehead atoms. The first-order chi connectivity index (χ1) is 16.4. The van der Waals surface area contributed by atoms with Crippen LogP contribution in [0, 0.1) is 0 Å². The van der Waals surface area contributed by atoms with E-state index in [4.69, 9.17) is 0 Å². The molecule has 1 unspecified atom stereocenters. The third-order valence-electron chi connectivity index (χ3n) is 6.67. The molecule has 0 radical (unpaired) electrons. The number of rotatable bonds is 9.